The van der Waals surface area contributed by atoms with Crippen molar-refractivity contribution in [2.24, 2.45) is 5.73 Å². The van der Waals surface area contributed by atoms with Gasteiger partial charge in [-0.3, -0.25) is 4.79 Å². The normalized spacial score (nSPS) is 12.4. The highest BCUT2D eigenvalue weighted by Gasteiger charge is 2.20. The van der Waals surface area contributed by atoms with Crippen LogP contribution < -0.4 is 11.5 Å². The molecule has 100 valence electrons. The lowest BCUT2D eigenvalue weighted by Crippen LogP contribution is -2.37. The molecule has 0 bridgehead atoms. The van der Waals surface area contributed by atoms with E-state index in [0.717, 1.165) is 5.56 Å². The topological polar surface area (TPSA) is 86.9 Å². The van der Waals surface area contributed by atoms with E-state index in [-0.39, 0.29) is 5.91 Å². The molecule has 4 N–H and O–H groups in total. The van der Waals surface area contributed by atoms with Gasteiger partial charge in [-0.2, -0.15) is 5.10 Å². The molecule has 19 heavy (non-hydrogen) atoms. The fraction of sp³-hybridized carbons (Fsp3) is 0.286. The lowest BCUT2D eigenvalue weighted by atomic mass is 10.1. The Labute approximate surface area is 112 Å². The summed E-state index contributed by atoms with van der Waals surface area (Å²) >= 11 is 0. The number of aryl methyl sites for hydroxylation is 1. The first kappa shape index (κ1) is 13.3. The number of aromatic nitrogens is 2. The van der Waals surface area contributed by atoms with Crippen molar-refractivity contribution in [2.75, 3.05) is 5.73 Å². The van der Waals surface area contributed by atoms with Gasteiger partial charge in [-0.25, -0.2) is 4.68 Å². The Morgan fingerprint density at radius 1 is 1.32 bits per heavy atom. The molecule has 0 saturated carbocycles. The summed E-state index contributed by atoms with van der Waals surface area (Å²) in [5.74, 6) is -0.235. The fourth-order valence-corrected chi connectivity index (χ4v) is 1.98. The van der Waals surface area contributed by atoms with E-state index in [1.807, 2.05) is 30.3 Å². The highest BCUT2D eigenvalue weighted by molar-refractivity contribution is 5.85. The SMILES string of the molecule is Cc1nn(C(=O)[C@@H](N)Cc2ccccc2)c(C)c1N. The molecule has 5 nitrogen and oxygen atoms in total. The third kappa shape index (κ3) is 2.66. The van der Waals surface area contributed by atoms with E-state index in [1.165, 1.54) is 4.68 Å². The highest BCUT2D eigenvalue weighted by Crippen LogP contribution is 2.15. The molecule has 0 spiro atoms. The minimum Gasteiger partial charge on any atom is -0.396 e. The van der Waals surface area contributed by atoms with E-state index in [2.05, 4.69) is 5.10 Å². The molecule has 2 aromatic rings. The Kier molecular flexibility index (Phi) is 3.66. The predicted molar refractivity (Wildman–Crippen MR) is 74.9 cm³/mol. The second-order valence-corrected chi connectivity index (χ2v) is 4.63. The fourth-order valence-electron chi connectivity index (χ4n) is 1.98. The molecule has 1 aromatic carbocycles. The van der Waals surface area contributed by atoms with Gasteiger partial charge in [0.2, 0.25) is 0 Å². The minimum absolute atomic E-state index is 0.235. The maximum absolute atomic E-state index is 12.3. The van der Waals surface area contributed by atoms with Gasteiger partial charge in [-0.15, -0.1) is 0 Å². The standard InChI is InChI=1S/C14H18N4O/c1-9-13(16)10(2)18(17-9)14(19)12(15)8-11-6-4-3-5-7-11/h3-7,12H,8,15-16H2,1-2H3/t12-/m0/s1. The molecule has 1 heterocycles. The Bertz CT molecular complexity index is 589. The number of nitrogens with two attached hydrogens (primary N) is 2. The summed E-state index contributed by atoms with van der Waals surface area (Å²) in [7, 11) is 0. The van der Waals surface area contributed by atoms with E-state index in [4.69, 9.17) is 11.5 Å². The number of carbonyl (C=O) groups is 1. The Morgan fingerprint density at radius 3 is 2.47 bits per heavy atom. The van der Waals surface area contributed by atoms with Crippen molar-refractivity contribution in [3.63, 3.8) is 0 Å². The number of rotatable bonds is 3. The summed E-state index contributed by atoms with van der Waals surface area (Å²) in [6.45, 7) is 3.54. The van der Waals surface area contributed by atoms with Gasteiger partial charge in [0.15, 0.2) is 0 Å². The first-order valence-electron chi connectivity index (χ1n) is 6.16. The number of carbonyl (C=O) groups excluding carboxylic acids is 1. The molecule has 0 radical (unpaired) electrons. The summed E-state index contributed by atoms with van der Waals surface area (Å²) in [6, 6.07) is 9.05. The molecule has 0 aliphatic carbocycles. The van der Waals surface area contributed by atoms with Gasteiger partial charge in [-0.1, -0.05) is 30.3 Å². The maximum atomic E-state index is 12.3. The average Bonchev–Trinajstić information content (AvgIpc) is 2.67. The summed E-state index contributed by atoms with van der Waals surface area (Å²) in [4.78, 5) is 12.3. The van der Waals surface area contributed by atoms with Gasteiger partial charge in [0.1, 0.15) is 0 Å². The molecule has 0 amide bonds. The van der Waals surface area contributed by atoms with Crippen LogP contribution in [0.1, 0.15) is 21.7 Å². The summed E-state index contributed by atoms with van der Waals surface area (Å²) < 4.78 is 1.30. The highest BCUT2D eigenvalue weighted by atomic mass is 16.2. The van der Waals surface area contributed by atoms with E-state index in [1.54, 1.807) is 13.8 Å². The maximum Gasteiger partial charge on any atom is 0.264 e. The second kappa shape index (κ2) is 5.24. The molecule has 0 aliphatic heterocycles. The Hall–Kier alpha value is -2.14. The van der Waals surface area contributed by atoms with Crippen LogP contribution in [0.2, 0.25) is 0 Å². The number of nitrogen functional groups attached to an aromatic ring is 1. The first-order valence-corrected chi connectivity index (χ1v) is 6.16. The molecular weight excluding hydrogens is 240 g/mol. The van der Waals surface area contributed by atoms with Gasteiger partial charge in [0, 0.05) is 0 Å². The molecule has 1 atom stereocenters. The summed E-state index contributed by atoms with van der Waals surface area (Å²) in [6.07, 6.45) is 0.484. The van der Waals surface area contributed by atoms with Gasteiger partial charge in [0.05, 0.1) is 23.1 Å². The Balaban J connectivity index is 2.17. The molecular formula is C14H18N4O. The monoisotopic (exact) mass is 258 g/mol. The van der Waals surface area contributed by atoms with Crippen molar-refractivity contribution in [3.8, 4) is 0 Å². The Morgan fingerprint density at radius 2 is 1.95 bits per heavy atom. The van der Waals surface area contributed by atoms with Crippen LogP contribution in [0.4, 0.5) is 5.69 Å². The van der Waals surface area contributed by atoms with Crippen LogP contribution in [-0.4, -0.2) is 21.7 Å². The zero-order chi connectivity index (χ0) is 14.0. The van der Waals surface area contributed by atoms with Crippen molar-refractivity contribution in [1.82, 2.24) is 9.78 Å². The summed E-state index contributed by atoms with van der Waals surface area (Å²) in [5, 5.41) is 4.13. The van der Waals surface area contributed by atoms with Gasteiger partial charge >= 0.3 is 0 Å². The average molecular weight is 258 g/mol. The minimum atomic E-state index is -0.625. The van der Waals surface area contributed by atoms with Gasteiger partial charge < -0.3 is 11.5 Å². The van der Waals surface area contributed by atoms with Crippen LogP contribution in [0.5, 0.6) is 0 Å². The van der Waals surface area contributed by atoms with Crippen molar-refractivity contribution in [1.29, 1.82) is 0 Å². The molecule has 5 heteroatoms. The number of nitrogens with zero attached hydrogens (tertiary/aromatic N) is 2. The number of anilines is 1. The van der Waals surface area contributed by atoms with Gasteiger partial charge in [0.25, 0.3) is 5.91 Å². The molecule has 2 rings (SSSR count). The predicted octanol–water partition coefficient (Wildman–Crippen LogP) is 1.29. The van der Waals surface area contributed by atoms with Crippen LogP contribution in [0.15, 0.2) is 30.3 Å². The summed E-state index contributed by atoms with van der Waals surface area (Å²) in [5.41, 5.74) is 14.6. The quantitative estimate of drug-likeness (QED) is 0.868. The van der Waals surface area contributed by atoms with Crippen LogP contribution in [0.25, 0.3) is 0 Å². The first-order chi connectivity index (χ1) is 9.00. The van der Waals surface area contributed by atoms with Crippen LogP contribution in [0.3, 0.4) is 0 Å². The van der Waals surface area contributed by atoms with Crippen molar-refractivity contribution in [3.05, 3.63) is 47.3 Å². The smallest absolute Gasteiger partial charge is 0.264 e. The van der Waals surface area contributed by atoms with Crippen LogP contribution >= 0.6 is 0 Å². The van der Waals surface area contributed by atoms with E-state index in [9.17, 15) is 4.79 Å². The zero-order valence-electron chi connectivity index (χ0n) is 11.1. The third-order valence-corrected chi connectivity index (χ3v) is 3.17. The molecule has 0 aliphatic rings. The van der Waals surface area contributed by atoms with E-state index in [0.29, 0.717) is 23.5 Å². The largest absolute Gasteiger partial charge is 0.396 e. The van der Waals surface area contributed by atoms with Crippen LogP contribution in [-0.2, 0) is 6.42 Å². The van der Waals surface area contributed by atoms with Crippen molar-refractivity contribution < 1.29 is 4.79 Å². The number of hydrogen-bond acceptors (Lipinski definition) is 4. The number of hydrogen-bond donors (Lipinski definition) is 2. The van der Waals surface area contributed by atoms with Crippen molar-refractivity contribution in [2.45, 2.75) is 26.3 Å². The lowest BCUT2D eigenvalue weighted by molar-refractivity contribution is 0.0860. The zero-order valence-corrected chi connectivity index (χ0v) is 11.1. The number of benzene rings is 1. The molecule has 0 fully saturated rings. The molecule has 0 saturated heterocycles. The van der Waals surface area contributed by atoms with Crippen molar-refractivity contribution >= 4 is 11.6 Å². The van der Waals surface area contributed by atoms with E-state index >= 15 is 0 Å². The molecule has 0 unspecified atom stereocenters. The van der Waals surface area contributed by atoms with E-state index < -0.39 is 6.04 Å². The van der Waals surface area contributed by atoms with Crippen LogP contribution in [0, 0.1) is 13.8 Å². The van der Waals surface area contributed by atoms with Gasteiger partial charge in [-0.05, 0) is 25.8 Å². The second-order valence-electron chi connectivity index (χ2n) is 4.63. The lowest BCUT2D eigenvalue weighted by Gasteiger charge is -2.11. The third-order valence-electron chi connectivity index (χ3n) is 3.17. The molecule has 1 aromatic heterocycles.